The number of aliphatic hydroxyl groups is 2. The predicted octanol–water partition coefficient (Wildman–Crippen LogP) is 24.7. The molecule has 0 spiro atoms. The van der Waals surface area contributed by atoms with E-state index in [1.807, 2.05) is 0 Å². The van der Waals surface area contributed by atoms with Crippen LogP contribution in [0.4, 0.5) is 0 Å². The van der Waals surface area contributed by atoms with Gasteiger partial charge in [-0.2, -0.15) is 0 Å². The van der Waals surface area contributed by atoms with Crippen molar-refractivity contribution in [2.45, 2.75) is 431 Å². The van der Waals surface area contributed by atoms with Crippen molar-refractivity contribution in [1.29, 1.82) is 0 Å². The van der Waals surface area contributed by atoms with Crippen LogP contribution in [0.1, 0.15) is 418 Å². The van der Waals surface area contributed by atoms with Crippen LogP contribution in [0.25, 0.3) is 0 Å². The zero-order valence-corrected chi connectivity index (χ0v) is 56.2. The van der Waals surface area contributed by atoms with Gasteiger partial charge in [0, 0.05) is 12.8 Å². The van der Waals surface area contributed by atoms with Gasteiger partial charge >= 0.3 is 5.97 Å². The van der Waals surface area contributed by atoms with Gasteiger partial charge < -0.3 is 20.3 Å². The molecular weight excluding hydrogens is 1020 g/mol. The van der Waals surface area contributed by atoms with Gasteiger partial charge in [0.2, 0.25) is 5.91 Å². The van der Waals surface area contributed by atoms with E-state index in [0.29, 0.717) is 25.9 Å². The molecule has 0 saturated carbocycles. The van der Waals surface area contributed by atoms with Gasteiger partial charge in [-0.3, -0.25) is 9.59 Å². The normalized spacial score (nSPS) is 12.7. The molecule has 490 valence electrons. The molecule has 0 bridgehead atoms. The quantitative estimate of drug-likeness (QED) is 0.0320. The van der Waals surface area contributed by atoms with Gasteiger partial charge in [-0.05, 0) is 83.5 Å². The zero-order valence-electron chi connectivity index (χ0n) is 56.2. The van der Waals surface area contributed by atoms with Crippen molar-refractivity contribution in [3.63, 3.8) is 0 Å². The first-order valence-corrected chi connectivity index (χ1v) is 37.7. The highest BCUT2D eigenvalue weighted by molar-refractivity contribution is 5.76. The summed E-state index contributed by atoms with van der Waals surface area (Å²) in [4.78, 5) is 24.7. The number of ether oxygens (including phenoxy) is 1. The van der Waals surface area contributed by atoms with Crippen LogP contribution >= 0.6 is 0 Å². The predicted molar refractivity (Wildman–Crippen MR) is 366 cm³/mol. The summed E-state index contributed by atoms with van der Waals surface area (Å²) in [6, 6.07) is -0.548. The molecule has 0 aromatic heterocycles. The van der Waals surface area contributed by atoms with Crippen molar-refractivity contribution in [1.82, 2.24) is 5.32 Å². The molecule has 6 heteroatoms. The average Bonchev–Trinajstić information content (AvgIpc) is 3.49. The van der Waals surface area contributed by atoms with E-state index in [-0.39, 0.29) is 18.5 Å². The van der Waals surface area contributed by atoms with Crippen molar-refractivity contribution in [3.8, 4) is 0 Å². The molecule has 0 radical (unpaired) electrons. The number of nitrogens with one attached hydrogen (secondary N) is 1. The standard InChI is InChI=1S/C77H147NO5/c1-3-5-7-9-11-13-15-17-19-21-22-23-24-26-29-32-35-38-41-45-49-53-57-61-65-69-75(80)74(73-79)78-76(81)70-66-62-58-54-50-46-42-39-36-33-30-27-25-28-31-34-37-40-44-48-52-56-60-64-68-72-83-77(82)71-67-63-59-55-51-47-43-20-18-16-14-12-10-8-6-4-2/h20,27-28,30-31,43,74-75,79-80H,3-19,21-26,29,32-42,44-73H2,1-2H3,(H,78,81)/b30-27-,31-28-,43-20-. The van der Waals surface area contributed by atoms with Gasteiger partial charge in [0.05, 0.1) is 25.4 Å². The second-order valence-corrected chi connectivity index (χ2v) is 26.0. The molecule has 0 heterocycles. The average molecular weight is 1170 g/mol. The van der Waals surface area contributed by atoms with Crippen LogP contribution in [-0.4, -0.2) is 47.4 Å². The topological polar surface area (TPSA) is 95.9 Å². The number of carbonyl (C=O) groups is 2. The molecule has 0 aliphatic carbocycles. The Bertz CT molecular complexity index is 1340. The lowest BCUT2D eigenvalue weighted by atomic mass is 10.0. The molecule has 83 heavy (non-hydrogen) atoms. The molecule has 3 N–H and O–H groups in total. The molecular formula is C77H147NO5. The maximum Gasteiger partial charge on any atom is 0.305 e. The van der Waals surface area contributed by atoms with E-state index in [1.54, 1.807) is 0 Å². The van der Waals surface area contributed by atoms with Crippen molar-refractivity contribution in [2.75, 3.05) is 13.2 Å². The highest BCUT2D eigenvalue weighted by Gasteiger charge is 2.20. The number of allylic oxidation sites excluding steroid dienone is 6. The molecule has 2 unspecified atom stereocenters. The number of aliphatic hydroxyl groups excluding tert-OH is 2. The monoisotopic (exact) mass is 1170 g/mol. The Morgan fingerprint density at radius 3 is 0.928 bits per heavy atom. The number of hydrogen-bond donors (Lipinski definition) is 3. The van der Waals surface area contributed by atoms with Crippen molar-refractivity contribution >= 4 is 11.9 Å². The van der Waals surface area contributed by atoms with E-state index >= 15 is 0 Å². The van der Waals surface area contributed by atoms with Crippen molar-refractivity contribution < 1.29 is 24.5 Å². The van der Waals surface area contributed by atoms with E-state index in [4.69, 9.17) is 4.74 Å². The fraction of sp³-hybridized carbons (Fsp3) is 0.896. The summed E-state index contributed by atoms with van der Waals surface area (Å²) in [5.41, 5.74) is 0. The van der Waals surface area contributed by atoms with Gasteiger partial charge in [0.1, 0.15) is 0 Å². The highest BCUT2D eigenvalue weighted by atomic mass is 16.5. The third kappa shape index (κ3) is 69.1. The zero-order chi connectivity index (χ0) is 59.9. The van der Waals surface area contributed by atoms with E-state index < -0.39 is 12.1 Å². The van der Waals surface area contributed by atoms with Crippen LogP contribution in [0.15, 0.2) is 36.5 Å². The van der Waals surface area contributed by atoms with Crippen LogP contribution in [0, 0.1) is 0 Å². The molecule has 6 nitrogen and oxygen atoms in total. The van der Waals surface area contributed by atoms with Gasteiger partial charge in [-0.15, -0.1) is 0 Å². The SMILES string of the molecule is CCCCCCCCC/C=C\CCCCCCCC(=O)OCCCCCCCCCCC/C=C\C/C=C\CCCCCCCCCCCC(=O)NC(CO)C(O)CCCCCCCCCCCCCCCCCCCCCCCCCCC. The summed E-state index contributed by atoms with van der Waals surface area (Å²) in [5, 5.41) is 23.5. The lowest BCUT2D eigenvalue weighted by Gasteiger charge is -2.22. The van der Waals surface area contributed by atoms with Crippen LogP contribution < -0.4 is 5.32 Å². The Labute approximate surface area is 519 Å². The maximum absolute atomic E-state index is 12.6. The Morgan fingerprint density at radius 2 is 0.602 bits per heavy atom. The summed E-state index contributed by atoms with van der Waals surface area (Å²) < 4.78 is 5.49. The van der Waals surface area contributed by atoms with E-state index in [2.05, 4.69) is 55.6 Å². The Balaban J connectivity index is 3.43. The summed E-state index contributed by atoms with van der Waals surface area (Å²) in [6.07, 6.45) is 93.5. The molecule has 0 fully saturated rings. The lowest BCUT2D eigenvalue weighted by Crippen LogP contribution is -2.45. The minimum absolute atomic E-state index is 0.00246. The van der Waals surface area contributed by atoms with Crippen molar-refractivity contribution in [3.05, 3.63) is 36.5 Å². The lowest BCUT2D eigenvalue weighted by molar-refractivity contribution is -0.143. The second-order valence-electron chi connectivity index (χ2n) is 26.0. The van der Waals surface area contributed by atoms with Crippen LogP contribution in [0.3, 0.4) is 0 Å². The number of amides is 1. The number of carbonyl (C=O) groups excluding carboxylic acids is 2. The highest BCUT2D eigenvalue weighted by Crippen LogP contribution is 2.19. The van der Waals surface area contributed by atoms with E-state index in [9.17, 15) is 19.8 Å². The molecule has 0 aromatic carbocycles. The maximum atomic E-state index is 12.6. The Hall–Kier alpha value is -1.92. The number of hydrogen-bond acceptors (Lipinski definition) is 5. The first-order valence-electron chi connectivity index (χ1n) is 37.7. The van der Waals surface area contributed by atoms with Crippen LogP contribution in [0.2, 0.25) is 0 Å². The first kappa shape index (κ1) is 81.1. The molecule has 2 atom stereocenters. The van der Waals surface area contributed by atoms with Gasteiger partial charge in [-0.25, -0.2) is 0 Å². The fourth-order valence-electron chi connectivity index (χ4n) is 11.9. The molecule has 0 aliphatic rings. The fourth-order valence-corrected chi connectivity index (χ4v) is 11.9. The molecule has 0 rings (SSSR count). The van der Waals surface area contributed by atoms with E-state index in [1.165, 1.54) is 334 Å². The van der Waals surface area contributed by atoms with Gasteiger partial charge in [-0.1, -0.05) is 359 Å². The summed E-state index contributed by atoms with van der Waals surface area (Å²) in [5.74, 6) is -0.0340. The molecule has 0 aromatic rings. The third-order valence-corrected chi connectivity index (χ3v) is 17.7. The molecule has 0 saturated heterocycles. The Morgan fingerprint density at radius 1 is 0.337 bits per heavy atom. The number of unbranched alkanes of at least 4 members (excludes halogenated alkanes) is 54. The smallest absolute Gasteiger partial charge is 0.305 e. The van der Waals surface area contributed by atoms with Crippen molar-refractivity contribution in [2.24, 2.45) is 0 Å². The summed E-state index contributed by atoms with van der Waals surface area (Å²) in [7, 11) is 0. The number of rotatable bonds is 71. The molecule has 1 amide bonds. The largest absolute Gasteiger partial charge is 0.466 e. The van der Waals surface area contributed by atoms with Gasteiger partial charge in [0.25, 0.3) is 0 Å². The minimum Gasteiger partial charge on any atom is -0.466 e. The summed E-state index contributed by atoms with van der Waals surface area (Å²) in [6.45, 7) is 4.98. The summed E-state index contributed by atoms with van der Waals surface area (Å²) >= 11 is 0. The van der Waals surface area contributed by atoms with E-state index in [0.717, 1.165) is 51.4 Å². The second kappa shape index (κ2) is 72.6. The van der Waals surface area contributed by atoms with Crippen LogP contribution in [0.5, 0.6) is 0 Å². The van der Waals surface area contributed by atoms with Crippen LogP contribution in [-0.2, 0) is 14.3 Å². The minimum atomic E-state index is -0.671. The third-order valence-electron chi connectivity index (χ3n) is 17.7. The van der Waals surface area contributed by atoms with Gasteiger partial charge in [0.15, 0.2) is 0 Å². The first-order chi connectivity index (χ1) is 41.0. The number of esters is 1. The molecule has 0 aliphatic heterocycles. The Kier molecular flexibility index (Phi) is 70.9.